The van der Waals surface area contributed by atoms with Crippen molar-refractivity contribution in [3.63, 3.8) is 0 Å². The van der Waals surface area contributed by atoms with Crippen LogP contribution in [-0.4, -0.2) is 15.9 Å². The van der Waals surface area contributed by atoms with Crippen LogP contribution in [-0.2, 0) is 0 Å². The quantitative estimate of drug-likeness (QED) is 0.286. The van der Waals surface area contributed by atoms with Gasteiger partial charge in [0, 0.05) is 10.8 Å². The van der Waals surface area contributed by atoms with Gasteiger partial charge in [-0.25, -0.2) is 9.97 Å². The van der Waals surface area contributed by atoms with Crippen molar-refractivity contribution in [2.24, 2.45) is 0 Å². The summed E-state index contributed by atoms with van der Waals surface area (Å²) in [5.74, 6) is -0.185. The summed E-state index contributed by atoms with van der Waals surface area (Å²) < 4.78 is 1.05. The largest absolute Gasteiger partial charge is 0.298 e. The van der Waals surface area contributed by atoms with Gasteiger partial charge in [0.1, 0.15) is 0 Å². The molecule has 8 heteroatoms. The number of amides is 1. The third kappa shape index (κ3) is 3.76. The van der Waals surface area contributed by atoms with E-state index in [-0.39, 0.29) is 5.91 Å². The number of nitrogens with zero attached hydrogens (tertiary/aromatic N) is 2. The van der Waals surface area contributed by atoms with Crippen molar-refractivity contribution in [2.45, 2.75) is 0 Å². The fraction of sp³-hybridized carbons (Fsp3) is 0. The summed E-state index contributed by atoms with van der Waals surface area (Å²) in [5, 5.41) is 8.32. The van der Waals surface area contributed by atoms with Crippen LogP contribution in [0.15, 0.2) is 69.1 Å². The Morgan fingerprint density at radius 2 is 1.83 bits per heavy atom. The number of thiazole rings is 1. The van der Waals surface area contributed by atoms with Gasteiger partial charge in [-0.15, -0.1) is 34.0 Å². The lowest BCUT2D eigenvalue weighted by molar-refractivity contribution is 0.102. The van der Waals surface area contributed by atoms with Crippen LogP contribution < -0.4 is 5.32 Å². The van der Waals surface area contributed by atoms with Gasteiger partial charge in [0.05, 0.1) is 36.0 Å². The van der Waals surface area contributed by atoms with E-state index in [0.29, 0.717) is 10.7 Å². The number of aromatic nitrogens is 2. The van der Waals surface area contributed by atoms with Crippen molar-refractivity contribution < 1.29 is 4.79 Å². The minimum atomic E-state index is -0.185. The molecule has 0 atom stereocenters. The summed E-state index contributed by atoms with van der Waals surface area (Å²) in [4.78, 5) is 24.5. The van der Waals surface area contributed by atoms with Gasteiger partial charge in [0.2, 0.25) is 0 Å². The number of nitrogens with one attached hydrogen (secondary N) is 1. The number of benzene rings is 1. The second-order valence-electron chi connectivity index (χ2n) is 6.15. The highest BCUT2D eigenvalue weighted by Gasteiger charge is 2.16. The third-order valence-corrected chi connectivity index (χ3v) is 7.58. The molecule has 0 aliphatic carbocycles. The Balaban J connectivity index is 1.50. The molecule has 1 aromatic carbocycles. The fourth-order valence-corrected chi connectivity index (χ4v) is 5.79. The van der Waals surface area contributed by atoms with Crippen LogP contribution in [0.25, 0.3) is 32.0 Å². The highest BCUT2D eigenvalue weighted by molar-refractivity contribution is 9.11. The molecule has 0 aliphatic heterocycles. The number of fused-ring (bicyclic) bond motifs is 1. The summed E-state index contributed by atoms with van der Waals surface area (Å²) >= 11 is 8.11. The number of pyridine rings is 1. The first-order valence-corrected chi connectivity index (χ1v) is 12.0. The van der Waals surface area contributed by atoms with E-state index in [2.05, 4.69) is 26.2 Å². The van der Waals surface area contributed by atoms with Gasteiger partial charge in [-0.05, 0) is 51.6 Å². The number of thiophene rings is 2. The summed E-state index contributed by atoms with van der Waals surface area (Å²) in [7, 11) is 0. The van der Waals surface area contributed by atoms with Gasteiger partial charge in [-0.1, -0.05) is 24.3 Å². The number of hydrogen-bond donors (Lipinski definition) is 1. The zero-order chi connectivity index (χ0) is 19.8. The molecule has 5 aromatic rings. The van der Waals surface area contributed by atoms with E-state index in [1.165, 1.54) is 11.3 Å². The Morgan fingerprint density at radius 3 is 2.62 bits per heavy atom. The van der Waals surface area contributed by atoms with Crippen molar-refractivity contribution in [3.05, 3.63) is 74.7 Å². The first-order valence-electron chi connectivity index (χ1n) is 8.63. The third-order valence-electron chi connectivity index (χ3n) is 4.28. The van der Waals surface area contributed by atoms with Gasteiger partial charge >= 0.3 is 0 Å². The molecule has 142 valence electrons. The molecule has 0 bridgehead atoms. The molecular formula is C21H12BrN3OS3. The van der Waals surface area contributed by atoms with Crippen LogP contribution in [0.5, 0.6) is 0 Å². The van der Waals surface area contributed by atoms with Crippen LogP contribution >= 0.6 is 49.9 Å². The van der Waals surface area contributed by atoms with Gasteiger partial charge in [-0.3, -0.25) is 10.1 Å². The van der Waals surface area contributed by atoms with Crippen molar-refractivity contribution in [3.8, 4) is 21.1 Å². The summed E-state index contributed by atoms with van der Waals surface area (Å²) in [6.45, 7) is 0. The Labute approximate surface area is 187 Å². The van der Waals surface area contributed by atoms with Crippen molar-refractivity contribution >= 4 is 71.9 Å². The van der Waals surface area contributed by atoms with Gasteiger partial charge in [-0.2, -0.15) is 0 Å². The number of carbonyl (C=O) groups is 1. The molecule has 4 nitrogen and oxygen atoms in total. The Hall–Kier alpha value is -2.39. The maximum atomic E-state index is 13.1. The molecule has 0 saturated carbocycles. The maximum Gasteiger partial charge on any atom is 0.258 e. The van der Waals surface area contributed by atoms with Gasteiger partial charge in [0.25, 0.3) is 5.91 Å². The van der Waals surface area contributed by atoms with Crippen LogP contribution in [0, 0.1) is 0 Å². The molecule has 4 aromatic heterocycles. The SMILES string of the molecule is O=C(Nc1nc(-c2ccc(Br)s2)cs1)c1cc(-c2cccs2)nc2ccccc12. The normalized spacial score (nSPS) is 11.1. The molecule has 29 heavy (non-hydrogen) atoms. The van der Waals surface area contributed by atoms with Crippen LogP contribution in [0.3, 0.4) is 0 Å². The minimum Gasteiger partial charge on any atom is -0.298 e. The highest BCUT2D eigenvalue weighted by atomic mass is 79.9. The second-order valence-corrected chi connectivity index (χ2v) is 10.4. The molecule has 0 fully saturated rings. The molecular weight excluding hydrogens is 486 g/mol. The second kappa shape index (κ2) is 7.79. The van der Waals surface area contributed by atoms with Crippen LogP contribution in [0.1, 0.15) is 10.4 Å². The van der Waals surface area contributed by atoms with E-state index in [9.17, 15) is 4.79 Å². The molecule has 0 aliphatic rings. The topological polar surface area (TPSA) is 54.9 Å². The van der Waals surface area contributed by atoms with Gasteiger partial charge in [0.15, 0.2) is 5.13 Å². The zero-order valence-electron chi connectivity index (χ0n) is 14.8. The summed E-state index contributed by atoms with van der Waals surface area (Å²) in [6.07, 6.45) is 0. The monoisotopic (exact) mass is 497 g/mol. The van der Waals surface area contributed by atoms with Crippen LogP contribution in [0.4, 0.5) is 5.13 Å². The highest BCUT2D eigenvalue weighted by Crippen LogP contribution is 2.33. The lowest BCUT2D eigenvalue weighted by Gasteiger charge is -2.08. The number of hydrogen-bond acceptors (Lipinski definition) is 6. The Bertz CT molecular complexity index is 1320. The Kier molecular flexibility index (Phi) is 5.01. The van der Waals surface area contributed by atoms with Crippen molar-refractivity contribution in [1.29, 1.82) is 0 Å². The molecule has 0 saturated heterocycles. The molecule has 1 N–H and O–H groups in total. The lowest BCUT2D eigenvalue weighted by atomic mass is 10.1. The van der Waals surface area contributed by atoms with Crippen LogP contribution in [0.2, 0.25) is 0 Å². The number of para-hydroxylation sites is 1. The minimum absolute atomic E-state index is 0.185. The predicted octanol–water partition coefficient (Wildman–Crippen LogP) is 7.16. The first-order chi connectivity index (χ1) is 14.2. The van der Waals surface area contributed by atoms with E-state index in [1.54, 1.807) is 22.7 Å². The first kappa shape index (κ1) is 18.6. The van der Waals surface area contributed by atoms with E-state index in [0.717, 1.165) is 35.8 Å². The number of rotatable bonds is 4. The molecule has 0 spiro atoms. The van der Waals surface area contributed by atoms with E-state index in [1.807, 2.05) is 65.4 Å². The molecule has 0 radical (unpaired) electrons. The number of halogens is 1. The molecule has 0 unspecified atom stereocenters. The standard InChI is InChI=1S/C21H12BrN3OS3/c22-19-8-7-18(29-19)16-11-28-21(24-16)25-20(26)13-10-15(17-6-3-9-27-17)23-14-5-2-1-4-12(13)14/h1-11H,(H,24,25,26). The maximum absolute atomic E-state index is 13.1. The average Bonchev–Trinajstić information content (AvgIpc) is 3.49. The number of carbonyl (C=O) groups excluding carboxylic acids is 1. The molecule has 1 amide bonds. The number of anilines is 1. The van der Waals surface area contributed by atoms with Gasteiger partial charge < -0.3 is 0 Å². The van der Waals surface area contributed by atoms with E-state index >= 15 is 0 Å². The fourth-order valence-electron chi connectivity index (χ4n) is 2.97. The summed E-state index contributed by atoms with van der Waals surface area (Å²) in [6, 6.07) is 17.6. The smallest absolute Gasteiger partial charge is 0.258 e. The molecule has 5 rings (SSSR count). The van der Waals surface area contributed by atoms with E-state index in [4.69, 9.17) is 4.98 Å². The van der Waals surface area contributed by atoms with E-state index < -0.39 is 0 Å². The Morgan fingerprint density at radius 1 is 0.931 bits per heavy atom. The van der Waals surface area contributed by atoms with Crippen molar-refractivity contribution in [1.82, 2.24) is 9.97 Å². The predicted molar refractivity (Wildman–Crippen MR) is 126 cm³/mol. The average molecular weight is 498 g/mol. The molecule has 4 heterocycles. The lowest BCUT2D eigenvalue weighted by Crippen LogP contribution is -2.13. The van der Waals surface area contributed by atoms with Crippen molar-refractivity contribution in [2.75, 3.05) is 5.32 Å². The summed E-state index contributed by atoms with van der Waals surface area (Å²) in [5.41, 5.74) is 3.05. The zero-order valence-corrected chi connectivity index (χ0v) is 18.8.